The molecule has 0 atom stereocenters. The Labute approximate surface area is 163 Å². The molecule has 6 heteroatoms. The van der Waals surface area contributed by atoms with Gasteiger partial charge in [-0.2, -0.15) is 0 Å². The number of carbonyl (C=O) groups is 1. The quantitative estimate of drug-likeness (QED) is 0.697. The SMILES string of the molecule is COc1ccccc1N1CCN(C(=O)c2cc(C)nc3ccc(F)cc23)CC1. The summed E-state index contributed by atoms with van der Waals surface area (Å²) < 4.78 is 19.2. The van der Waals surface area contributed by atoms with Crippen molar-refractivity contribution < 1.29 is 13.9 Å². The maximum absolute atomic E-state index is 13.8. The van der Waals surface area contributed by atoms with Crippen LogP contribution in [0.2, 0.25) is 0 Å². The minimum Gasteiger partial charge on any atom is -0.495 e. The number of fused-ring (bicyclic) bond motifs is 1. The number of halogens is 1. The number of amides is 1. The summed E-state index contributed by atoms with van der Waals surface area (Å²) in [5.41, 5.74) is 2.92. The molecule has 0 spiro atoms. The zero-order valence-corrected chi connectivity index (χ0v) is 16.0. The first-order valence-electron chi connectivity index (χ1n) is 9.31. The number of para-hydroxylation sites is 2. The van der Waals surface area contributed by atoms with Crippen LogP contribution in [0.5, 0.6) is 5.75 Å². The van der Waals surface area contributed by atoms with Crippen LogP contribution in [0.15, 0.2) is 48.5 Å². The van der Waals surface area contributed by atoms with Crippen LogP contribution >= 0.6 is 0 Å². The summed E-state index contributed by atoms with van der Waals surface area (Å²) >= 11 is 0. The topological polar surface area (TPSA) is 45.7 Å². The zero-order valence-electron chi connectivity index (χ0n) is 16.0. The lowest BCUT2D eigenvalue weighted by atomic mass is 10.1. The van der Waals surface area contributed by atoms with Gasteiger partial charge < -0.3 is 14.5 Å². The van der Waals surface area contributed by atoms with Gasteiger partial charge in [0.25, 0.3) is 5.91 Å². The first-order valence-corrected chi connectivity index (χ1v) is 9.31. The van der Waals surface area contributed by atoms with Gasteiger partial charge in [0.1, 0.15) is 11.6 Å². The number of hydrogen-bond acceptors (Lipinski definition) is 4. The van der Waals surface area contributed by atoms with Gasteiger partial charge in [-0.25, -0.2) is 4.39 Å². The number of nitrogens with zero attached hydrogens (tertiary/aromatic N) is 3. The number of anilines is 1. The Hall–Kier alpha value is -3.15. The molecule has 2 heterocycles. The Kier molecular flexibility index (Phi) is 4.86. The Morgan fingerprint density at radius 2 is 1.82 bits per heavy atom. The van der Waals surface area contributed by atoms with Crippen molar-refractivity contribution in [3.63, 3.8) is 0 Å². The highest BCUT2D eigenvalue weighted by molar-refractivity contribution is 6.06. The van der Waals surface area contributed by atoms with Crippen LogP contribution in [-0.4, -0.2) is 49.1 Å². The largest absolute Gasteiger partial charge is 0.495 e. The number of benzene rings is 2. The highest BCUT2D eigenvalue weighted by atomic mass is 19.1. The molecule has 0 saturated carbocycles. The Balaban J connectivity index is 1.56. The predicted molar refractivity (Wildman–Crippen MR) is 108 cm³/mol. The summed E-state index contributed by atoms with van der Waals surface area (Å²) in [4.78, 5) is 21.6. The van der Waals surface area contributed by atoms with Gasteiger partial charge in [0, 0.05) is 37.3 Å². The number of carbonyl (C=O) groups excluding carboxylic acids is 1. The minimum atomic E-state index is -0.367. The van der Waals surface area contributed by atoms with E-state index in [1.807, 2.05) is 36.1 Å². The van der Waals surface area contributed by atoms with E-state index < -0.39 is 0 Å². The van der Waals surface area contributed by atoms with Gasteiger partial charge in [-0.05, 0) is 43.3 Å². The number of methoxy groups -OCH3 is 1. The van der Waals surface area contributed by atoms with E-state index in [-0.39, 0.29) is 11.7 Å². The molecule has 5 nitrogen and oxygen atoms in total. The smallest absolute Gasteiger partial charge is 0.254 e. The number of hydrogen-bond donors (Lipinski definition) is 0. The van der Waals surface area contributed by atoms with Crippen molar-refractivity contribution in [3.05, 3.63) is 65.6 Å². The number of rotatable bonds is 3. The van der Waals surface area contributed by atoms with Crippen molar-refractivity contribution in [3.8, 4) is 5.75 Å². The summed E-state index contributed by atoms with van der Waals surface area (Å²) in [6.07, 6.45) is 0. The highest BCUT2D eigenvalue weighted by Gasteiger charge is 2.25. The van der Waals surface area contributed by atoms with Crippen molar-refractivity contribution in [2.75, 3.05) is 38.2 Å². The molecule has 2 aromatic carbocycles. The lowest BCUT2D eigenvalue weighted by molar-refractivity contribution is 0.0748. The molecule has 1 saturated heterocycles. The first kappa shape index (κ1) is 18.2. The molecule has 1 amide bonds. The zero-order chi connectivity index (χ0) is 19.7. The standard InChI is InChI=1S/C22H22FN3O2/c1-15-13-18(17-14-16(23)7-8-19(17)24-15)22(27)26-11-9-25(10-12-26)20-5-3-4-6-21(20)28-2/h3-8,13-14H,9-12H2,1-2H3. The van der Waals surface area contributed by atoms with Gasteiger partial charge in [-0.1, -0.05) is 12.1 Å². The second-order valence-corrected chi connectivity index (χ2v) is 6.92. The second-order valence-electron chi connectivity index (χ2n) is 6.92. The Morgan fingerprint density at radius 1 is 1.07 bits per heavy atom. The van der Waals surface area contributed by atoms with E-state index in [2.05, 4.69) is 9.88 Å². The molecule has 1 aliphatic rings. The molecule has 0 N–H and O–H groups in total. The maximum atomic E-state index is 13.8. The molecular weight excluding hydrogens is 357 g/mol. The van der Waals surface area contributed by atoms with Crippen molar-refractivity contribution >= 4 is 22.5 Å². The summed E-state index contributed by atoms with van der Waals surface area (Å²) in [5.74, 6) is 0.377. The fourth-order valence-electron chi connectivity index (χ4n) is 3.72. The summed E-state index contributed by atoms with van der Waals surface area (Å²) in [5, 5.41) is 0.558. The summed E-state index contributed by atoms with van der Waals surface area (Å²) in [6.45, 7) is 4.45. The van der Waals surface area contributed by atoms with E-state index in [9.17, 15) is 9.18 Å². The Morgan fingerprint density at radius 3 is 2.57 bits per heavy atom. The molecule has 0 radical (unpaired) electrons. The average molecular weight is 379 g/mol. The predicted octanol–water partition coefficient (Wildman–Crippen LogP) is 3.65. The lowest BCUT2D eigenvalue weighted by Crippen LogP contribution is -2.49. The number of piperazine rings is 1. The number of aromatic nitrogens is 1. The van der Waals surface area contributed by atoms with Gasteiger partial charge in [0.2, 0.25) is 0 Å². The summed E-state index contributed by atoms with van der Waals surface area (Å²) in [6, 6.07) is 14.0. The molecular formula is C22H22FN3O2. The minimum absolute atomic E-state index is 0.0826. The Bertz CT molecular complexity index is 1030. The van der Waals surface area contributed by atoms with E-state index in [0.29, 0.717) is 42.6 Å². The van der Waals surface area contributed by atoms with Crippen molar-refractivity contribution in [2.24, 2.45) is 0 Å². The van der Waals surface area contributed by atoms with E-state index in [1.165, 1.54) is 12.1 Å². The van der Waals surface area contributed by atoms with Crippen LogP contribution in [0.25, 0.3) is 10.9 Å². The van der Waals surface area contributed by atoms with Crippen molar-refractivity contribution in [1.29, 1.82) is 0 Å². The first-order chi connectivity index (χ1) is 13.6. The molecule has 1 aromatic heterocycles. The third-order valence-electron chi connectivity index (χ3n) is 5.12. The van der Waals surface area contributed by atoms with Gasteiger partial charge in [0.05, 0.1) is 23.9 Å². The van der Waals surface area contributed by atoms with E-state index in [0.717, 1.165) is 17.1 Å². The van der Waals surface area contributed by atoms with Crippen molar-refractivity contribution in [2.45, 2.75) is 6.92 Å². The van der Waals surface area contributed by atoms with Crippen LogP contribution in [0, 0.1) is 12.7 Å². The van der Waals surface area contributed by atoms with Crippen LogP contribution in [0.4, 0.5) is 10.1 Å². The molecule has 0 bridgehead atoms. The molecule has 144 valence electrons. The number of aryl methyl sites for hydroxylation is 1. The molecule has 0 aliphatic carbocycles. The fraction of sp³-hybridized carbons (Fsp3) is 0.273. The van der Waals surface area contributed by atoms with E-state index >= 15 is 0 Å². The second kappa shape index (κ2) is 7.46. The monoisotopic (exact) mass is 379 g/mol. The molecule has 1 fully saturated rings. The van der Waals surface area contributed by atoms with Gasteiger partial charge in [-0.15, -0.1) is 0 Å². The van der Waals surface area contributed by atoms with Gasteiger partial charge >= 0.3 is 0 Å². The third-order valence-corrected chi connectivity index (χ3v) is 5.12. The van der Waals surface area contributed by atoms with E-state index in [1.54, 1.807) is 19.2 Å². The van der Waals surface area contributed by atoms with Crippen LogP contribution in [0.3, 0.4) is 0 Å². The molecule has 0 unspecified atom stereocenters. The van der Waals surface area contributed by atoms with Crippen LogP contribution in [0.1, 0.15) is 16.1 Å². The average Bonchev–Trinajstić information content (AvgIpc) is 2.73. The molecule has 4 rings (SSSR count). The van der Waals surface area contributed by atoms with Gasteiger partial charge in [0.15, 0.2) is 0 Å². The molecule has 28 heavy (non-hydrogen) atoms. The lowest BCUT2D eigenvalue weighted by Gasteiger charge is -2.36. The van der Waals surface area contributed by atoms with Crippen LogP contribution < -0.4 is 9.64 Å². The third kappa shape index (κ3) is 3.38. The van der Waals surface area contributed by atoms with Crippen LogP contribution in [-0.2, 0) is 0 Å². The fourth-order valence-corrected chi connectivity index (χ4v) is 3.72. The normalized spacial score (nSPS) is 14.4. The van der Waals surface area contributed by atoms with Gasteiger partial charge in [-0.3, -0.25) is 9.78 Å². The number of pyridine rings is 1. The van der Waals surface area contributed by atoms with E-state index in [4.69, 9.17) is 4.74 Å². The highest BCUT2D eigenvalue weighted by Crippen LogP contribution is 2.29. The summed E-state index contributed by atoms with van der Waals surface area (Å²) in [7, 11) is 1.66. The van der Waals surface area contributed by atoms with Crippen molar-refractivity contribution in [1.82, 2.24) is 9.88 Å². The number of ether oxygens (including phenoxy) is 1. The molecule has 1 aliphatic heterocycles. The maximum Gasteiger partial charge on any atom is 0.254 e. The molecule has 3 aromatic rings.